The summed E-state index contributed by atoms with van der Waals surface area (Å²) in [4.78, 5) is 4.23. The highest BCUT2D eigenvalue weighted by molar-refractivity contribution is 7.80. The minimum Gasteiger partial charge on any atom is -0.493 e. The molecule has 0 unspecified atom stereocenters. The Balaban J connectivity index is 2.03. The van der Waals surface area contributed by atoms with Crippen LogP contribution in [0.15, 0.2) is 48.7 Å². The zero-order valence-electron chi connectivity index (χ0n) is 12.2. The van der Waals surface area contributed by atoms with Crippen molar-refractivity contribution in [3.8, 4) is 5.75 Å². The van der Waals surface area contributed by atoms with E-state index in [1.165, 1.54) is 5.56 Å². The average Bonchev–Trinajstić information content (AvgIpc) is 2.54. The molecular formula is C16H19N3OS. The number of hydrogen-bond donors (Lipinski definition) is 2. The number of thiocarbonyl (C=S) groups is 1. The molecule has 1 heterocycles. The van der Waals surface area contributed by atoms with Gasteiger partial charge in [-0.25, -0.2) is 4.98 Å². The Hall–Kier alpha value is -2.14. The Kier molecular flexibility index (Phi) is 5.51. The van der Waals surface area contributed by atoms with Crippen molar-refractivity contribution in [2.45, 2.75) is 19.4 Å². The van der Waals surface area contributed by atoms with E-state index in [0.29, 0.717) is 16.7 Å². The normalized spacial score (nSPS) is 11.5. The largest absolute Gasteiger partial charge is 0.493 e. The second-order valence-electron chi connectivity index (χ2n) is 4.52. The molecule has 0 aliphatic carbocycles. The summed E-state index contributed by atoms with van der Waals surface area (Å²) in [6.07, 6.45) is 2.63. The van der Waals surface area contributed by atoms with Crippen molar-refractivity contribution in [1.29, 1.82) is 0 Å². The van der Waals surface area contributed by atoms with Gasteiger partial charge in [0, 0.05) is 6.20 Å². The van der Waals surface area contributed by atoms with Gasteiger partial charge in [-0.1, -0.05) is 37.3 Å². The van der Waals surface area contributed by atoms with Crippen LogP contribution in [-0.4, -0.2) is 17.2 Å². The number of hydrogen-bond acceptors (Lipinski definition) is 3. The van der Waals surface area contributed by atoms with E-state index in [-0.39, 0.29) is 6.04 Å². The molecule has 0 spiro atoms. The van der Waals surface area contributed by atoms with Crippen LogP contribution in [-0.2, 0) is 0 Å². The predicted molar refractivity (Wildman–Crippen MR) is 89.6 cm³/mol. The fraction of sp³-hybridized carbons (Fsp3) is 0.250. The Labute approximate surface area is 130 Å². The molecule has 0 bridgehead atoms. The lowest BCUT2D eigenvalue weighted by atomic mass is 10.1. The van der Waals surface area contributed by atoms with Gasteiger partial charge in [-0.15, -0.1) is 0 Å². The first-order chi connectivity index (χ1) is 10.2. The highest BCUT2D eigenvalue weighted by Crippen LogP contribution is 2.21. The maximum atomic E-state index is 5.37. The summed E-state index contributed by atoms with van der Waals surface area (Å²) >= 11 is 5.37. The van der Waals surface area contributed by atoms with Crippen LogP contribution in [0.2, 0.25) is 0 Å². The SMILES string of the molecule is CC[C@@H](NC(=S)Nc1ncccc1OC)c1ccccc1. The second-order valence-corrected chi connectivity index (χ2v) is 4.93. The van der Waals surface area contributed by atoms with Crippen LogP contribution in [0.25, 0.3) is 0 Å². The fourth-order valence-corrected chi connectivity index (χ4v) is 2.30. The third-order valence-corrected chi connectivity index (χ3v) is 3.36. The Morgan fingerprint density at radius 3 is 2.67 bits per heavy atom. The van der Waals surface area contributed by atoms with Crippen LogP contribution < -0.4 is 15.4 Å². The van der Waals surface area contributed by atoms with Crippen molar-refractivity contribution in [2.75, 3.05) is 12.4 Å². The van der Waals surface area contributed by atoms with E-state index in [1.54, 1.807) is 13.3 Å². The number of benzene rings is 1. The first-order valence-corrected chi connectivity index (χ1v) is 7.27. The second kappa shape index (κ2) is 7.59. The molecule has 0 fully saturated rings. The van der Waals surface area contributed by atoms with E-state index in [4.69, 9.17) is 17.0 Å². The lowest BCUT2D eigenvalue weighted by Gasteiger charge is -2.20. The van der Waals surface area contributed by atoms with Crippen molar-refractivity contribution in [3.05, 3.63) is 54.2 Å². The predicted octanol–water partition coefficient (Wildman–Crippen LogP) is 3.53. The van der Waals surface area contributed by atoms with E-state index in [9.17, 15) is 0 Å². The van der Waals surface area contributed by atoms with E-state index < -0.39 is 0 Å². The zero-order chi connectivity index (χ0) is 15.1. The average molecular weight is 301 g/mol. The fourth-order valence-electron chi connectivity index (χ4n) is 2.06. The number of anilines is 1. The number of methoxy groups -OCH3 is 1. The Morgan fingerprint density at radius 2 is 2.00 bits per heavy atom. The van der Waals surface area contributed by atoms with Gasteiger partial charge in [-0.2, -0.15) is 0 Å². The number of nitrogens with zero attached hydrogens (tertiary/aromatic N) is 1. The van der Waals surface area contributed by atoms with Crippen molar-refractivity contribution >= 4 is 23.1 Å². The summed E-state index contributed by atoms with van der Waals surface area (Å²) in [5.41, 5.74) is 1.21. The van der Waals surface area contributed by atoms with Crippen LogP contribution in [0, 0.1) is 0 Å². The van der Waals surface area contributed by atoms with Gasteiger partial charge in [-0.05, 0) is 36.3 Å². The van der Waals surface area contributed by atoms with Gasteiger partial charge in [0.25, 0.3) is 0 Å². The number of rotatable bonds is 5. The van der Waals surface area contributed by atoms with Gasteiger partial charge in [0.15, 0.2) is 16.7 Å². The summed E-state index contributed by atoms with van der Waals surface area (Å²) in [6.45, 7) is 2.12. The van der Waals surface area contributed by atoms with Gasteiger partial charge in [0.2, 0.25) is 0 Å². The summed E-state index contributed by atoms with van der Waals surface area (Å²) in [7, 11) is 1.61. The van der Waals surface area contributed by atoms with E-state index in [0.717, 1.165) is 6.42 Å². The highest BCUT2D eigenvalue weighted by Gasteiger charge is 2.11. The molecule has 110 valence electrons. The van der Waals surface area contributed by atoms with Crippen LogP contribution in [0.4, 0.5) is 5.82 Å². The molecule has 1 aromatic carbocycles. The van der Waals surface area contributed by atoms with Crippen molar-refractivity contribution in [2.24, 2.45) is 0 Å². The molecule has 2 aromatic rings. The van der Waals surface area contributed by atoms with Crippen LogP contribution in [0.1, 0.15) is 24.9 Å². The molecule has 0 saturated heterocycles. The van der Waals surface area contributed by atoms with Crippen molar-refractivity contribution in [1.82, 2.24) is 10.3 Å². The first-order valence-electron chi connectivity index (χ1n) is 6.86. The quantitative estimate of drug-likeness (QED) is 0.827. The minimum absolute atomic E-state index is 0.168. The summed E-state index contributed by atoms with van der Waals surface area (Å²) in [5, 5.41) is 6.92. The van der Waals surface area contributed by atoms with Crippen LogP contribution in [0.3, 0.4) is 0 Å². The molecule has 2 rings (SSSR count). The molecule has 0 radical (unpaired) electrons. The molecule has 4 nitrogen and oxygen atoms in total. The molecule has 2 N–H and O–H groups in total. The summed E-state index contributed by atoms with van der Waals surface area (Å²) in [6, 6.07) is 14.1. The van der Waals surface area contributed by atoms with Gasteiger partial charge in [-0.3, -0.25) is 0 Å². The third kappa shape index (κ3) is 4.16. The zero-order valence-corrected chi connectivity index (χ0v) is 13.0. The van der Waals surface area contributed by atoms with Gasteiger partial charge in [0.1, 0.15) is 0 Å². The maximum Gasteiger partial charge on any atom is 0.174 e. The molecule has 21 heavy (non-hydrogen) atoms. The lowest BCUT2D eigenvalue weighted by Crippen LogP contribution is -2.32. The first kappa shape index (κ1) is 15.3. The molecule has 0 saturated carbocycles. The third-order valence-electron chi connectivity index (χ3n) is 3.14. The number of pyridine rings is 1. The molecule has 0 aliphatic rings. The van der Waals surface area contributed by atoms with Crippen molar-refractivity contribution < 1.29 is 4.74 Å². The molecule has 5 heteroatoms. The Bertz CT molecular complexity index is 589. The van der Waals surface area contributed by atoms with Gasteiger partial charge in [0.05, 0.1) is 13.2 Å². The van der Waals surface area contributed by atoms with E-state index in [1.807, 2.05) is 30.3 Å². The van der Waals surface area contributed by atoms with Crippen LogP contribution in [0.5, 0.6) is 5.75 Å². The summed E-state index contributed by atoms with van der Waals surface area (Å²) < 4.78 is 5.25. The molecule has 1 atom stereocenters. The van der Waals surface area contributed by atoms with E-state index >= 15 is 0 Å². The molecule has 0 aliphatic heterocycles. The monoisotopic (exact) mass is 301 g/mol. The summed E-state index contributed by atoms with van der Waals surface area (Å²) in [5.74, 6) is 1.27. The minimum atomic E-state index is 0.168. The van der Waals surface area contributed by atoms with Crippen molar-refractivity contribution in [3.63, 3.8) is 0 Å². The molecule has 0 amide bonds. The Morgan fingerprint density at radius 1 is 1.24 bits per heavy atom. The molecule has 1 aromatic heterocycles. The van der Waals surface area contributed by atoms with Gasteiger partial charge >= 0.3 is 0 Å². The van der Waals surface area contributed by atoms with Crippen LogP contribution >= 0.6 is 12.2 Å². The highest BCUT2D eigenvalue weighted by atomic mass is 32.1. The smallest absolute Gasteiger partial charge is 0.174 e. The topological polar surface area (TPSA) is 46.2 Å². The molecular weight excluding hydrogens is 282 g/mol. The number of aromatic nitrogens is 1. The number of nitrogens with one attached hydrogen (secondary N) is 2. The standard InChI is InChI=1S/C16H19N3OS/c1-3-13(12-8-5-4-6-9-12)18-16(21)19-15-14(20-2)10-7-11-17-15/h4-11,13H,3H2,1-2H3,(H2,17,18,19,21)/t13-/m1/s1. The van der Waals surface area contributed by atoms with Gasteiger partial charge < -0.3 is 15.4 Å². The maximum absolute atomic E-state index is 5.37. The van der Waals surface area contributed by atoms with E-state index in [2.05, 4.69) is 34.7 Å². The number of ether oxygens (including phenoxy) is 1. The lowest BCUT2D eigenvalue weighted by molar-refractivity contribution is 0.415.